The van der Waals surface area contributed by atoms with Crippen LogP contribution in [0.5, 0.6) is 0 Å². The molecule has 0 aromatic heterocycles. The van der Waals surface area contributed by atoms with Gasteiger partial charge in [-0.05, 0) is 23.9 Å². The molecule has 0 amide bonds. The maximum atomic E-state index is 6.13. The average molecular weight is 234 g/mol. The van der Waals surface area contributed by atoms with Crippen LogP contribution >= 0.6 is 11.8 Å². The van der Waals surface area contributed by atoms with E-state index in [-0.39, 0.29) is 0 Å². The second-order valence-corrected chi connectivity index (χ2v) is 11.9. The first-order valence-electron chi connectivity index (χ1n) is 5.46. The van der Waals surface area contributed by atoms with Crippen molar-refractivity contribution in [2.45, 2.75) is 58.0 Å². The lowest BCUT2D eigenvalue weighted by Gasteiger charge is -2.36. The molecule has 0 radical (unpaired) electrons. The summed E-state index contributed by atoms with van der Waals surface area (Å²) >= 11 is 1.98. The van der Waals surface area contributed by atoms with Gasteiger partial charge in [-0.25, -0.2) is 0 Å². The highest BCUT2D eigenvalue weighted by atomic mass is 32.2. The summed E-state index contributed by atoms with van der Waals surface area (Å²) in [5.41, 5.74) is 0. The van der Waals surface area contributed by atoms with Crippen LogP contribution in [0, 0.1) is 0 Å². The van der Waals surface area contributed by atoms with Crippen molar-refractivity contribution in [1.29, 1.82) is 0 Å². The largest absolute Gasteiger partial charge is 0.416 e. The van der Waals surface area contributed by atoms with Crippen molar-refractivity contribution < 1.29 is 4.43 Å². The maximum absolute atomic E-state index is 6.13. The maximum Gasteiger partial charge on any atom is 0.192 e. The minimum atomic E-state index is -1.51. The highest BCUT2D eigenvalue weighted by molar-refractivity contribution is 7.99. The molecule has 0 N–H and O–H groups in total. The molecule has 1 nitrogen and oxygen atoms in total. The van der Waals surface area contributed by atoms with E-state index in [4.69, 9.17) is 4.43 Å². The van der Waals surface area contributed by atoms with Gasteiger partial charge in [0.1, 0.15) is 0 Å². The van der Waals surface area contributed by atoms with Gasteiger partial charge >= 0.3 is 0 Å². The Morgan fingerprint density at radius 1 is 1.29 bits per heavy atom. The fourth-order valence-electron chi connectivity index (χ4n) is 0.875. The molecule has 3 heteroatoms. The van der Waals surface area contributed by atoms with Gasteiger partial charge in [0.15, 0.2) is 8.32 Å². The second kappa shape index (κ2) is 5.57. The predicted molar refractivity (Wildman–Crippen MR) is 70.7 cm³/mol. The highest BCUT2D eigenvalue weighted by Crippen LogP contribution is 2.36. The SMILES string of the molecule is CCSC(C)CO[Si](C)(C)C(C)(C)C. The van der Waals surface area contributed by atoms with Crippen LogP contribution in [0.3, 0.4) is 0 Å². The zero-order chi connectivity index (χ0) is 11.4. The number of hydrogen-bond acceptors (Lipinski definition) is 2. The first-order chi connectivity index (χ1) is 6.20. The Kier molecular flexibility index (Phi) is 5.78. The standard InChI is InChI=1S/C11H26OSSi/c1-8-13-10(2)9-12-14(6,7)11(3,4)5/h10H,8-9H2,1-7H3. The highest BCUT2D eigenvalue weighted by Gasteiger charge is 2.37. The minimum Gasteiger partial charge on any atom is -0.416 e. The van der Waals surface area contributed by atoms with E-state index in [9.17, 15) is 0 Å². The molecule has 0 fully saturated rings. The van der Waals surface area contributed by atoms with Gasteiger partial charge in [0.25, 0.3) is 0 Å². The van der Waals surface area contributed by atoms with Crippen LogP contribution in [0.2, 0.25) is 18.1 Å². The first kappa shape index (κ1) is 14.5. The molecular formula is C11H26OSSi. The molecule has 86 valence electrons. The van der Waals surface area contributed by atoms with Gasteiger partial charge in [0.2, 0.25) is 0 Å². The van der Waals surface area contributed by atoms with E-state index in [2.05, 4.69) is 47.7 Å². The van der Waals surface area contributed by atoms with Gasteiger partial charge in [0, 0.05) is 11.9 Å². The molecule has 0 aliphatic rings. The third-order valence-corrected chi connectivity index (χ3v) is 8.48. The fourth-order valence-corrected chi connectivity index (χ4v) is 2.83. The van der Waals surface area contributed by atoms with Crippen LogP contribution < -0.4 is 0 Å². The van der Waals surface area contributed by atoms with Crippen molar-refractivity contribution in [2.24, 2.45) is 0 Å². The number of rotatable bonds is 5. The minimum absolute atomic E-state index is 0.337. The van der Waals surface area contributed by atoms with Crippen molar-refractivity contribution in [1.82, 2.24) is 0 Å². The summed E-state index contributed by atoms with van der Waals surface area (Å²) in [7, 11) is -1.51. The Hall–Kier alpha value is 0.527. The van der Waals surface area contributed by atoms with Gasteiger partial charge < -0.3 is 4.43 Å². The van der Waals surface area contributed by atoms with E-state index in [1.807, 2.05) is 11.8 Å². The Labute approximate surface area is 95.1 Å². The Morgan fingerprint density at radius 2 is 1.79 bits per heavy atom. The fraction of sp³-hybridized carbons (Fsp3) is 1.00. The van der Waals surface area contributed by atoms with E-state index in [0.717, 1.165) is 6.61 Å². The quantitative estimate of drug-likeness (QED) is 0.661. The molecule has 14 heavy (non-hydrogen) atoms. The van der Waals surface area contributed by atoms with E-state index in [1.54, 1.807) is 0 Å². The summed E-state index contributed by atoms with van der Waals surface area (Å²) in [4.78, 5) is 0. The topological polar surface area (TPSA) is 9.23 Å². The summed E-state index contributed by atoms with van der Waals surface area (Å²) < 4.78 is 6.13. The van der Waals surface area contributed by atoms with Crippen LogP contribution in [-0.4, -0.2) is 25.9 Å². The van der Waals surface area contributed by atoms with Crippen molar-refractivity contribution >= 4 is 20.1 Å². The second-order valence-electron chi connectivity index (χ2n) is 5.34. The summed E-state index contributed by atoms with van der Waals surface area (Å²) in [6.45, 7) is 16.9. The van der Waals surface area contributed by atoms with Crippen LogP contribution in [0.25, 0.3) is 0 Å². The van der Waals surface area contributed by atoms with Crippen LogP contribution in [-0.2, 0) is 4.43 Å². The number of hydrogen-bond donors (Lipinski definition) is 0. The van der Waals surface area contributed by atoms with Gasteiger partial charge in [-0.2, -0.15) is 11.8 Å². The molecule has 0 heterocycles. The smallest absolute Gasteiger partial charge is 0.192 e. The molecule has 0 rings (SSSR count). The monoisotopic (exact) mass is 234 g/mol. The lowest BCUT2D eigenvalue weighted by molar-refractivity contribution is 0.292. The summed E-state index contributed by atoms with van der Waals surface area (Å²) in [6, 6.07) is 0. The summed E-state index contributed by atoms with van der Waals surface area (Å²) in [6.07, 6.45) is 0. The van der Waals surface area contributed by atoms with E-state index in [0.29, 0.717) is 10.3 Å². The number of thioether (sulfide) groups is 1. The molecule has 1 unspecified atom stereocenters. The van der Waals surface area contributed by atoms with Crippen LogP contribution in [0.1, 0.15) is 34.6 Å². The van der Waals surface area contributed by atoms with Crippen molar-refractivity contribution in [3.8, 4) is 0 Å². The van der Waals surface area contributed by atoms with Crippen molar-refractivity contribution in [3.63, 3.8) is 0 Å². The Morgan fingerprint density at radius 3 is 2.14 bits per heavy atom. The van der Waals surface area contributed by atoms with E-state index < -0.39 is 8.32 Å². The Bertz CT molecular complexity index is 163. The van der Waals surface area contributed by atoms with Gasteiger partial charge in [0.05, 0.1) is 0 Å². The third kappa shape index (κ3) is 4.85. The van der Waals surface area contributed by atoms with Crippen molar-refractivity contribution in [2.75, 3.05) is 12.4 Å². The van der Waals surface area contributed by atoms with Gasteiger partial charge in [-0.15, -0.1) is 0 Å². The van der Waals surface area contributed by atoms with Crippen LogP contribution in [0.15, 0.2) is 0 Å². The molecule has 0 aliphatic heterocycles. The average Bonchev–Trinajstić information content (AvgIpc) is 1.99. The normalized spacial score (nSPS) is 15.6. The molecule has 0 spiro atoms. The third-order valence-electron chi connectivity index (χ3n) is 2.94. The molecule has 0 saturated carbocycles. The Balaban J connectivity index is 3.99. The van der Waals surface area contributed by atoms with Gasteiger partial charge in [-0.3, -0.25) is 0 Å². The molecule has 0 saturated heterocycles. The molecule has 0 aromatic rings. The van der Waals surface area contributed by atoms with Crippen molar-refractivity contribution in [3.05, 3.63) is 0 Å². The van der Waals surface area contributed by atoms with Crippen LogP contribution in [0.4, 0.5) is 0 Å². The first-order valence-corrected chi connectivity index (χ1v) is 9.42. The van der Waals surface area contributed by atoms with E-state index >= 15 is 0 Å². The van der Waals surface area contributed by atoms with Gasteiger partial charge in [-0.1, -0.05) is 34.6 Å². The predicted octanol–water partition coefficient (Wildman–Crippen LogP) is 4.15. The van der Waals surface area contributed by atoms with E-state index in [1.165, 1.54) is 5.75 Å². The molecule has 1 atom stereocenters. The lowest BCUT2D eigenvalue weighted by atomic mass is 10.2. The summed E-state index contributed by atoms with van der Waals surface area (Å²) in [5.74, 6) is 1.18. The molecular weight excluding hydrogens is 208 g/mol. The molecule has 0 aliphatic carbocycles. The summed E-state index contributed by atoms with van der Waals surface area (Å²) in [5, 5.41) is 0.970. The molecule has 0 bridgehead atoms. The molecule has 0 aromatic carbocycles. The zero-order valence-electron chi connectivity index (χ0n) is 10.8. The zero-order valence-corrected chi connectivity index (χ0v) is 12.6. The lowest BCUT2D eigenvalue weighted by Crippen LogP contribution is -2.42.